The summed E-state index contributed by atoms with van der Waals surface area (Å²) in [6, 6.07) is 23.2. The lowest BCUT2D eigenvalue weighted by atomic mass is 9.98. The molecule has 4 heteroatoms. The summed E-state index contributed by atoms with van der Waals surface area (Å²) in [5, 5.41) is 3.00. The molecule has 0 heterocycles. The van der Waals surface area contributed by atoms with Crippen molar-refractivity contribution in [1.82, 2.24) is 5.32 Å². The molecule has 1 N–H and O–H groups in total. The molecule has 132 valence electrons. The Morgan fingerprint density at radius 2 is 1.65 bits per heavy atom. The molecule has 0 aliphatic carbocycles. The Balaban J connectivity index is 1.73. The van der Waals surface area contributed by atoms with Gasteiger partial charge in [-0.3, -0.25) is 4.79 Å². The molecular weight excluding hydrogens is 329 g/mol. The maximum Gasteiger partial charge on any atom is 0.258 e. The van der Waals surface area contributed by atoms with Gasteiger partial charge in [0.2, 0.25) is 0 Å². The fourth-order valence-corrected chi connectivity index (χ4v) is 2.67. The minimum absolute atomic E-state index is 0.182. The first kappa shape index (κ1) is 17.7. The number of hydrogen-bond acceptors (Lipinski definition) is 2. The summed E-state index contributed by atoms with van der Waals surface area (Å²) in [7, 11) is 0. The number of ether oxygens (including phenoxy) is 1. The number of halogens is 1. The fraction of sp³-hybridized carbons (Fsp3) is 0.136. The number of rotatable bonds is 6. The van der Waals surface area contributed by atoms with Crippen LogP contribution in [0.5, 0.6) is 5.75 Å². The zero-order valence-corrected chi connectivity index (χ0v) is 14.5. The number of benzene rings is 3. The number of amides is 1. The van der Waals surface area contributed by atoms with Gasteiger partial charge in [-0.05, 0) is 30.2 Å². The molecular formula is C22H20FNO2. The van der Waals surface area contributed by atoms with E-state index in [1.165, 1.54) is 12.1 Å². The number of nitrogens with one attached hydrogen (secondary N) is 1. The summed E-state index contributed by atoms with van der Waals surface area (Å²) >= 11 is 0. The normalized spacial score (nSPS) is 11.6. The average molecular weight is 349 g/mol. The smallest absolute Gasteiger partial charge is 0.258 e. The Morgan fingerprint density at radius 3 is 2.35 bits per heavy atom. The van der Waals surface area contributed by atoms with Crippen molar-refractivity contribution in [3.8, 4) is 5.75 Å². The van der Waals surface area contributed by atoms with E-state index in [1.807, 2.05) is 61.5 Å². The minimum Gasteiger partial charge on any atom is -0.484 e. The van der Waals surface area contributed by atoms with Crippen LogP contribution >= 0.6 is 0 Å². The van der Waals surface area contributed by atoms with E-state index in [1.54, 1.807) is 12.1 Å². The van der Waals surface area contributed by atoms with Gasteiger partial charge in [0.1, 0.15) is 11.6 Å². The van der Waals surface area contributed by atoms with Crippen LogP contribution in [0, 0.1) is 12.7 Å². The van der Waals surface area contributed by atoms with Gasteiger partial charge in [-0.25, -0.2) is 4.39 Å². The van der Waals surface area contributed by atoms with Crippen LogP contribution in [0.15, 0.2) is 78.9 Å². The van der Waals surface area contributed by atoms with Gasteiger partial charge in [0.05, 0.1) is 6.04 Å². The maximum atomic E-state index is 13.2. The van der Waals surface area contributed by atoms with Crippen LogP contribution in [0.25, 0.3) is 0 Å². The van der Waals surface area contributed by atoms with E-state index in [-0.39, 0.29) is 18.6 Å². The lowest BCUT2D eigenvalue weighted by molar-refractivity contribution is -0.123. The van der Waals surface area contributed by atoms with Gasteiger partial charge in [-0.15, -0.1) is 0 Å². The van der Waals surface area contributed by atoms with Crippen molar-refractivity contribution in [2.45, 2.75) is 13.0 Å². The number of carbonyl (C=O) groups is 1. The molecule has 1 atom stereocenters. The third-order valence-corrected chi connectivity index (χ3v) is 4.01. The third kappa shape index (κ3) is 4.70. The van der Waals surface area contributed by atoms with Gasteiger partial charge >= 0.3 is 0 Å². The second-order valence-corrected chi connectivity index (χ2v) is 6.07. The van der Waals surface area contributed by atoms with E-state index >= 15 is 0 Å². The first-order valence-corrected chi connectivity index (χ1v) is 8.41. The monoisotopic (exact) mass is 349 g/mol. The molecule has 3 aromatic rings. The molecule has 3 aromatic carbocycles. The molecule has 1 amide bonds. The summed E-state index contributed by atoms with van der Waals surface area (Å²) in [6.45, 7) is 1.84. The number of carbonyl (C=O) groups excluding carboxylic acids is 1. The molecule has 0 aromatic heterocycles. The molecule has 3 rings (SSSR count). The van der Waals surface area contributed by atoms with Gasteiger partial charge in [0.15, 0.2) is 6.61 Å². The van der Waals surface area contributed by atoms with Crippen molar-refractivity contribution in [2.24, 2.45) is 0 Å². The van der Waals surface area contributed by atoms with Crippen LogP contribution in [0.3, 0.4) is 0 Å². The highest BCUT2D eigenvalue weighted by atomic mass is 19.1. The maximum absolute atomic E-state index is 13.2. The minimum atomic E-state index is -0.398. The summed E-state index contributed by atoms with van der Waals surface area (Å²) in [5.74, 6) is -0.347. The zero-order chi connectivity index (χ0) is 18.4. The Kier molecular flexibility index (Phi) is 5.64. The Morgan fingerprint density at radius 1 is 0.962 bits per heavy atom. The lowest BCUT2D eigenvalue weighted by Crippen LogP contribution is -2.33. The largest absolute Gasteiger partial charge is 0.484 e. The van der Waals surface area contributed by atoms with E-state index in [0.717, 1.165) is 16.7 Å². The number of aryl methyl sites for hydroxylation is 1. The van der Waals surface area contributed by atoms with Crippen molar-refractivity contribution in [2.75, 3.05) is 6.61 Å². The topological polar surface area (TPSA) is 38.3 Å². The van der Waals surface area contributed by atoms with Crippen molar-refractivity contribution in [3.63, 3.8) is 0 Å². The molecule has 0 spiro atoms. The van der Waals surface area contributed by atoms with E-state index < -0.39 is 5.82 Å². The van der Waals surface area contributed by atoms with Gasteiger partial charge in [0, 0.05) is 6.07 Å². The Labute approximate surface area is 152 Å². The second kappa shape index (κ2) is 8.30. The zero-order valence-electron chi connectivity index (χ0n) is 14.5. The highest BCUT2D eigenvalue weighted by Gasteiger charge is 2.17. The highest BCUT2D eigenvalue weighted by Crippen LogP contribution is 2.22. The molecule has 26 heavy (non-hydrogen) atoms. The van der Waals surface area contributed by atoms with Gasteiger partial charge in [-0.2, -0.15) is 0 Å². The molecule has 1 unspecified atom stereocenters. The van der Waals surface area contributed by atoms with Gasteiger partial charge in [-0.1, -0.05) is 66.2 Å². The van der Waals surface area contributed by atoms with Crippen molar-refractivity contribution >= 4 is 5.91 Å². The van der Waals surface area contributed by atoms with Gasteiger partial charge < -0.3 is 10.1 Å². The second-order valence-electron chi connectivity index (χ2n) is 6.07. The molecule has 3 nitrogen and oxygen atoms in total. The number of hydrogen-bond donors (Lipinski definition) is 1. The van der Waals surface area contributed by atoms with E-state index in [2.05, 4.69) is 5.32 Å². The molecule has 0 aliphatic heterocycles. The predicted octanol–water partition coefficient (Wildman–Crippen LogP) is 4.42. The van der Waals surface area contributed by atoms with Crippen LogP contribution in [0.4, 0.5) is 4.39 Å². The summed E-state index contributed by atoms with van der Waals surface area (Å²) in [5.41, 5.74) is 3.12. The van der Waals surface area contributed by atoms with Crippen LogP contribution in [0.1, 0.15) is 22.7 Å². The van der Waals surface area contributed by atoms with Crippen molar-refractivity contribution < 1.29 is 13.9 Å². The van der Waals surface area contributed by atoms with E-state index in [4.69, 9.17) is 4.74 Å². The average Bonchev–Trinajstić information content (AvgIpc) is 2.66. The quantitative estimate of drug-likeness (QED) is 0.715. The van der Waals surface area contributed by atoms with E-state index in [0.29, 0.717) is 5.75 Å². The Hall–Kier alpha value is -3.14. The van der Waals surface area contributed by atoms with Gasteiger partial charge in [0.25, 0.3) is 5.91 Å². The van der Waals surface area contributed by atoms with Crippen LogP contribution in [-0.2, 0) is 4.79 Å². The van der Waals surface area contributed by atoms with E-state index in [9.17, 15) is 9.18 Å². The van der Waals surface area contributed by atoms with Crippen LogP contribution in [-0.4, -0.2) is 12.5 Å². The first-order chi connectivity index (χ1) is 12.6. The third-order valence-electron chi connectivity index (χ3n) is 4.01. The fourth-order valence-electron chi connectivity index (χ4n) is 2.67. The summed E-state index contributed by atoms with van der Waals surface area (Å²) in [4.78, 5) is 12.4. The molecule has 0 fully saturated rings. The highest BCUT2D eigenvalue weighted by molar-refractivity contribution is 5.78. The molecule has 0 bridgehead atoms. The summed E-state index contributed by atoms with van der Waals surface area (Å²) < 4.78 is 18.6. The molecule has 0 radical (unpaired) electrons. The van der Waals surface area contributed by atoms with Crippen LogP contribution < -0.4 is 10.1 Å². The molecule has 0 saturated heterocycles. The van der Waals surface area contributed by atoms with Crippen LogP contribution in [0.2, 0.25) is 0 Å². The lowest BCUT2D eigenvalue weighted by Gasteiger charge is -2.20. The SMILES string of the molecule is Cc1ccc(C(NC(=O)COc2cccc(F)c2)c2ccccc2)cc1. The molecule has 0 aliphatic rings. The van der Waals surface area contributed by atoms with Crippen molar-refractivity contribution in [3.05, 3.63) is 101 Å². The first-order valence-electron chi connectivity index (χ1n) is 8.41. The standard InChI is InChI=1S/C22H20FNO2/c1-16-10-12-18(13-11-16)22(17-6-3-2-4-7-17)24-21(25)15-26-20-9-5-8-19(23)14-20/h2-14,22H,15H2,1H3,(H,24,25). The van der Waals surface area contributed by atoms with Crippen molar-refractivity contribution in [1.29, 1.82) is 0 Å². The molecule has 0 saturated carbocycles. The Bertz CT molecular complexity index is 863. The predicted molar refractivity (Wildman–Crippen MR) is 99.5 cm³/mol. The summed E-state index contributed by atoms with van der Waals surface area (Å²) in [6.07, 6.45) is 0.